The minimum Gasteiger partial charge on any atom is -0.313 e. The number of terminal acetylenes is 1. The zero-order valence-corrected chi connectivity index (χ0v) is 10.1. The fraction of sp³-hybridized carbons (Fsp3) is 0.833. The molecule has 0 bridgehead atoms. The fourth-order valence-electron chi connectivity index (χ4n) is 1.89. The standard InChI is InChI=1S/C12H21NS/c1-4-5-6-7-13-11-8-12(2,3)10-14-9-11/h1,11,13H,5-10H2,2-3H3. The van der Waals surface area contributed by atoms with Gasteiger partial charge in [-0.1, -0.05) is 13.8 Å². The molecule has 0 saturated carbocycles. The predicted octanol–water partition coefficient (Wildman–Crippen LogP) is 2.52. The lowest BCUT2D eigenvalue weighted by molar-refractivity contribution is 0.318. The molecule has 1 fully saturated rings. The van der Waals surface area contributed by atoms with Crippen molar-refractivity contribution in [3.63, 3.8) is 0 Å². The van der Waals surface area contributed by atoms with Gasteiger partial charge < -0.3 is 5.32 Å². The van der Waals surface area contributed by atoms with Crippen molar-refractivity contribution in [2.75, 3.05) is 18.1 Å². The highest BCUT2D eigenvalue weighted by molar-refractivity contribution is 7.99. The Kier molecular flexibility index (Phi) is 4.84. The van der Waals surface area contributed by atoms with E-state index < -0.39 is 0 Å². The molecule has 80 valence electrons. The van der Waals surface area contributed by atoms with Gasteiger partial charge in [0.15, 0.2) is 0 Å². The van der Waals surface area contributed by atoms with E-state index in [4.69, 9.17) is 6.42 Å². The van der Waals surface area contributed by atoms with Crippen LogP contribution in [0.3, 0.4) is 0 Å². The Bertz CT molecular complexity index is 205. The minimum atomic E-state index is 0.507. The van der Waals surface area contributed by atoms with Crippen LogP contribution >= 0.6 is 11.8 Å². The zero-order valence-electron chi connectivity index (χ0n) is 9.31. The normalized spacial score (nSPS) is 25.6. The van der Waals surface area contributed by atoms with Gasteiger partial charge in [0.05, 0.1) is 0 Å². The quantitative estimate of drug-likeness (QED) is 0.566. The number of thioether (sulfide) groups is 1. The maximum atomic E-state index is 5.21. The molecule has 2 heteroatoms. The van der Waals surface area contributed by atoms with Gasteiger partial charge >= 0.3 is 0 Å². The van der Waals surface area contributed by atoms with Gasteiger partial charge in [0.1, 0.15) is 0 Å². The van der Waals surface area contributed by atoms with Crippen molar-refractivity contribution in [3.05, 3.63) is 0 Å². The first-order valence-corrected chi connectivity index (χ1v) is 6.54. The molecular weight excluding hydrogens is 190 g/mol. The number of rotatable bonds is 4. The molecule has 0 aliphatic carbocycles. The second kappa shape index (κ2) is 5.68. The van der Waals surface area contributed by atoms with E-state index in [-0.39, 0.29) is 0 Å². The summed E-state index contributed by atoms with van der Waals surface area (Å²) in [5, 5.41) is 3.60. The molecule has 1 aliphatic rings. The first-order chi connectivity index (χ1) is 6.64. The molecule has 1 rings (SSSR count). The van der Waals surface area contributed by atoms with Gasteiger partial charge in [0.2, 0.25) is 0 Å². The van der Waals surface area contributed by atoms with Crippen LogP contribution in [0.2, 0.25) is 0 Å². The molecule has 0 amide bonds. The van der Waals surface area contributed by atoms with Crippen molar-refractivity contribution in [2.24, 2.45) is 5.41 Å². The van der Waals surface area contributed by atoms with Crippen LogP contribution in [0.1, 0.15) is 33.1 Å². The van der Waals surface area contributed by atoms with Crippen molar-refractivity contribution in [2.45, 2.75) is 39.2 Å². The van der Waals surface area contributed by atoms with Crippen LogP contribution in [0.4, 0.5) is 0 Å². The van der Waals surface area contributed by atoms with Gasteiger partial charge in [-0.15, -0.1) is 12.3 Å². The van der Waals surface area contributed by atoms with Gasteiger partial charge in [0, 0.05) is 18.2 Å². The molecule has 1 aliphatic heterocycles. The van der Waals surface area contributed by atoms with Crippen LogP contribution in [0.5, 0.6) is 0 Å². The van der Waals surface area contributed by atoms with E-state index >= 15 is 0 Å². The molecule has 0 aromatic carbocycles. The van der Waals surface area contributed by atoms with Crippen LogP contribution in [-0.4, -0.2) is 24.1 Å². The molecule has 1 N–H and O–H groups in total. The molecule has 1 saturated heterocycles. The van der Waals surface area contributed by atoms with Crippen LogP contribution in [0.15, 0.2) is 0 Å². The Balaban J connectivity index is 2.15. The summed E-state index contributed by atoms with van der Waals surface area (Å²) in [5.41, 5.74) is 0.507. The van der Waals surface area contributed by atoms with Crippen LogP contribution in [-0.2, 0) is 0 Å². The Morgan fingerprint density at radius 3 is 3.00 bits per heavy atom. The van der Waals surface area contributed by atoms with Crippen LogP contribution in [0.25, 0.3) is 0 Å². The van der Waals surface area contributed by atoms with E-state index in [1.165, 1.54) is 17.9 Å². The molecule has 1 heterocycles. The van der Waals surface area contributed by atoms with Crippen molar-refractivity contribution >= 4 is 11.8 Å². The molecule has 14 heavy (non-hydrogen) atoms. The Morgan fingerprint density at radius 1 is 1.57 bits per heavy atom. The third-order valence-electron chi connectivity index (χ3n) is 2.54. The Labute approximate surface area is 92.4 Å². The van der Waals surface area contributed by atoms with E-state index in [0.29, 0.717) is 11.5 Å². The SMILES string of the molecule is C#CCCCNC1CSCC(C)(C)C1. The van der Waals surface area contributed by atoms with E-state index in [1.54, 1.807) is 0 Å². The van der Waals surface area contributed by atoms with Gasteiger partial charge in [-0.05, 0) is 30.6 Å². The molecule has 1 atom stereocenters. The lowest BCUT2D eigenvalue weighted by Crippen LogP contribution is -2.40. The Hall–Kier alpha value is -0.130. The van der Waals surface area contributed by atoms with Crippen LogP contribution in [0, 0.1) is 17.8 Å². The van der Waals surface area contributed by atoms with Crippen molar-refractivity contribution < 1.29 is 0 Å². The first-order valence-electron chi connectivity index (χ1n) is 5.39. The van der Waals surface area contributed by atoms with Gasteiger partial charge in [-0.25, -0.2) is 0 Å². The lowest BCUT2D eigenvalue weighted by atomic mass is 9.88. The average molecular weight is 211 g/mol. The third-order valence-corrected chi connectivity index (χ3v) is 4.17. The van der Waals surface area contributed by atoms with E-state index in [0.717, 1.165) is 19.4 Å². The maximum absolute atomic E-state index is 5.21. The van der Waals surface area contributed by atoms with Crippen molar-refractivity contribution in [1.29, 1.82) is 0 Å². The van der Waals surface area contributed by atoms with Gasteiger partial charge in [-0.2, -0.15) is 11.8 Å². The Morgan fingerprint density at radius 2 is 2.36 bits per heavy atom. The van der Waals surface area contributed by atoms with E-state index in [1.807, 2.05) is 0 Å². The molecular formula is C12H21NS. The third kappa shape index (κ3) is 4.39. The second-order valence-corrected chi connectivity index (χ2v) is 5.87. The highest BCUT2D eigenvalue weighted by Crippen LogP contribution is 2.33. The van der Waals surface area contributed by atoms with Crippen molar-refractivity contribution in [1.82, 2.24) is 5.32 Å². The summed E-state index contributed by atoms with van der Waals surface area (Å²) in [5.74, 6) is 5.24. The summed E-state index contributed by atoms with van der Waals surface area (Å²) < 4.78 is 0. The summed E-state index contributed by atoms with van der Waals surface area (Å²) in [4.78, 5) is 0. The summed E-state index contributed by atoms with van der Waals surface area (Å²) >= 11 is 2.07. The summed E-state index contributed by atoms with van der Waals surface area (Å²) in [6, 6.07) is 0.696. The molecule has 0 aromatic rings. The first kappa shape index (κ1) is 11.9. The minimum absolute atomic E-state index is 0.507. The largest absolute Gasteiger partial charge is 0.313 e. The molecule has 0 spiro atoms. The topological polar surface area (TPSA) is 12.0 Å². The molecule has 1 unspecified atom stereocenters. The predicted molar refractivity (Wildman–Crippen MR) is 65.6 cm³/mol. The summed E-state index contributed by atoms with van der Waals surface area (Å²) in [7, 11) is 0. The highest BCUT2D eigenvalue weighted by atomic mass is 32.2. The zero-order chi connectivity index (χ0) is 10.4. The summed E-state index contributed by atoms with van der Waals surface area (Å²) in [6.07, 6.45) is 8.52. The molecule has 1 nitrogen and oxygen atoms in total. The van der Waals surface area contributed by atoms with Crippen LogP contribution < -0.4 is 5.32 Å². The lowest BCUT2D eigenvalue weighted by Gasteiger charge is -2.35. The van der Waals surface area contributed by atoms with Gasteiger partial charge in [-0.3, -0.25) is 0 Å². The number of nitrogens with one attached hydrogen (secondary N) is 1. The second-order valence-electron chi connectivity index (χ2n) is 4.84. The van der Waals surface area contributed by atoms with E-state index in [2.05, 4.69) is 36.8 Å². The maximum Gasteiger partial charge on any atom is 0.0163 e. The monoisotopic (exact) mass is 211 g/mol. The van der Waals surface area contributed by atoms with E-state index in [9.17, 15) is 0 Å². The number of unbranched alkanes of at least 4 members (excludes halogenated alkanes) is 1. The molecule has 0 radical (unpaired) electrons. The number of hydrogen-bond acceptors (Lipinski definition) is 2. The highest BCUT2D eigenvalue weighted by Gasteiger charge is 2.27. The number of hydrogen-bond donors (Lipinski definition) is 1. The smallest absolute Gasteiger partial charge is 0.0163 e. The average Bonchev–Trinajstić information content (AvgIpc) is 2.11. The van der Waals surface area contributed by atoms with Gasteiger partial charge in [0.25, 0.3) is 0 Å². The fourth-order valence-corrected chi connectivity index (χ4v) is 3.20. The molecule has 0 aromatic heterocycles. The summed E-state index contributed by atoms with van der Waals surface area (Å²) in [6.45, 7) is 5.79. The van der Waals surface area contributed by atoms with Crippen molar-refractivity contribution in [3.8, 4) is 12.3 Å².